The van der Waals surface area contributed by atoms with Crippen LogP contribution in [0.2, 0.25) is 0 Å². The van der Waals surface area contributed by atoms with Gasteiger partial charge in [-0.05, 0) is 23.6 Å². The minimum absolute atomic E-state index is 0.166. The van der Waals surface area contributed by atoms with Crippen LogP contribution in [-0.2, 0) is 9.53 Å². The van der Waals surface area contributed by atoms with E-state index >= 15 is 0 Å². The Bertz CT molecular complexity index is 306. The van der Waals surface area contributed by atoms with Crippen molar-refractivity contribution in [3.05, 3.63) is 34.3 Å². The van der Waals surface area contributed by atoms with E-state index in [4.69, 9.17) is 0 Å². The first-order valence-electron chi connectivity index (χ1n) is 5.45. The number of hydrogen-bond donors (Lipinski definition) is 0. The topological polar surface area (TPSA) is 26.3 Å². The number of benzene rings is 1. The number of ether oxygens (including phenoxy) is 1. The largest absolute Gasteiger partial charge is 0.469 e. The van der Waals surface area contributed by atoms with Crippen LogP contribution in [0.1, 0.15) is 38.7 Å². The second-order valence-electron chi connectivity index (χ2n) is 3.23. The lowest BCUT2D eigenvalue weighted by Crippen LogP contribution is -2.05. The van der Waals surface area contributed by atoms with E-state index in [1.165, 1.54) is 7.11 Å². The minimum atomic E-state index is -0.166. The molecule has 0 N–H and O–H groups in total. The van der Waals surface area contributed by atoms with Gasteiger partial charge in [-0.15, -0.1) is 0 Å². The smallest absolute Gasteiger partial charge is 0.306 e. The van der Waals surface area contributed by atoms with Crippen LogP contribution in [0.4, 0.5) is 0 Å². The first kappa shape index (κ1) is 15.2. The molecular weight excluding hydrogens is 268 g/mol. The Balaban J connectivity index is 0.00000106. The van der Waals surface area contributed by atoms with Crippen molar-refractivity contribution in [3.8, 4) is 0 Å². The van der Waals surface area contributed by atoms with Gasteiger partial charge in [0.1, 0.15) is 0 Å². The average molecular weight is 287 g/mol. The Morgan fingerprint density at radius 3 is 2.25 bits per heavy atom. The molecule has 1 aromatic rings. The Morgan fingerprint density at radius 1 is 1.31 bits per heavy atom. The van der Waals surface area contributed by atoms with Crippen molar-refractivity contribution in [2.75, 3.05) is 7.11 Å². The van der Waals surface area contributed by atoms with Crippen LogP contribution in [0.5, 0.6) is 0 Å². The molecule has 0 fully saturated rings. The highest BCUT2D eigenvalue weighted by atomic mass is 79.9. The van der Waals surface area contributed by atoms with Crippen LogP contribution in [0.25, 0.3) is 0 Å². The van der Waals surface area contributed by atoms with Crippen molar-refractivity contribution in [2.24, 2.45) is 0 Å². The highest BCUT2D eigenvalue weighted by Gasteiger charge is 2.10. The van der Waals surface area contributed by atoms with Gasteiger partial charge in [0.15, 0.2) is 0 Å². The fraction of sp³-hybridized carbons (Fsp3) is 0.462. The van der Waals surface area contributed by atoms with Crippen molar-refractivity contribution in [1.82, 2.24) is 0 Å². The highest BCUT2D eigenvalue weighted by molar-refractivity contribution is 9.10. The molecule has 0 aromatic heterocycles. The summed E-state index contributed by atoms with van der Waals surface area (Å²) in [6.45, 7) is 6.01. The van der Waals surface area contributed by atoms with E-state index in [0.29, 0.717) is 6.42 Å². The van der Waals surface area contributed by atoms with E-state index in [0.717, 1.165) is 10.0 Å². The molecular formula is C13H19BrO2. The van der Waals surface area contributed by atoms with Gasteiger partial charge < -0.3 is 4.74 Å². The zero-order valence-corrected chi connectivity index (χ0v) is 11.9. The number of methoxy groups -OCH3 is 1. The second kappa shape index (κ2) is 8.34. The quantitative estimate of drug-likeness (QED) is 0.781. The lowest BCUT2D eigenvalue weighted by molar-refractivity contribution is -0.140. The average Bonchev–Trinajstić information content (AvgIpc) is 2.32. The van der Waals surface area contributed by atoms with Crippen LogP contribution in [-0.4, -0.2) is 13.1 Å². The molecule has 1 rings (SSSR count). The summed E-state index contributed by atoms with van der Waals surface area (Å²) in [5.74, 6) is 0.0379. The maximum atomic E-state index is 11.0. The van der Waals surface area contributed by atoms with E-state index in [1.54, 1.807) is 0 Å². The standard InChI is InChI=1S/C11H13BrO2.C2H6/c1-8(7-11(13)14-2)9-3-5-10(12)6-4-9;1-2/h3-6,8H,7H2,1-2H3;1-2H3. The van der Waals surface area contributed by atoms with Crippen LogP contribution < -0.4 is 0 Å². The molecule has 0 saturated carbocycles. The molecule has 0 radical (unpaired) electrons. The maximum absolute atomic E-state index is 11.0. The van der Waals surface area contributed by atoms with Gasteiger partial charge in [-0.3, -0.25) is 4.79 Å². The molecule has 0 amide bonds. The SMILES string of the molecule is CC.COC(=O)CC(C)c1ccc(Br)cc1. The van der Waals surface area contributed by atoms with Crippen molar-refractivity contribution in [1.29, 1.82) is 0 Å². The fourth-order valence-corrected chi connectivity index (χ4v) is 1.51. The molecule has 1 unspecified atom stereocenters. The predicted molar refractivity (Wildman–Crippen MR) is 70.5 cm³/mol. The molecule has 0 saturated heterocycles. The van der Waals surface area contributed by atoms with Gasteiger partial charge in [0.05, 0.1) is 13.5 Å². The van der Waals surface area contributed by atoms with E-state index in [2.05, 4.69) is 20.7 Å². The van der Waals surface area contributed by atoms with E-state index in [9.17, 15) is 4.79 Å². The first-order chi connectivity index (χ1) is 7.63. The number of hydrogen-bond acceptors (Lipinski definition) is 2. The predicted octanol–water partition coefficient (Wildman–Crippen LogP) is 4.14. The third-order valence-electron chi connectivity index (χ3n) is 2.14. The van der Waals surface area contributed by atoms with Gasteiger partial charge in [-0.2, -0.15) is 0 Å². The molecule has 90 valence electrons. The molecule has 0 spiro atoms. The Labute approximate surface area is 106 Å². The van der Waals surface area contributed by atoms with Crippen LogP contribution in [0, 0.1) is 0 Å². The van der Waals surface area contributed by atoms with Crippen molar-refractivity contribution in [2.45, 2.75) is 33.1 Å². The number of carbonyl (C=O) groups is 1. The van der Waals surface area contributed by atoms with Crippen molar-refractivity contribution >= 4 is 21.9 Å². The van der Waals surface area contributed by atoms with Gasteiger partial charge in [-0.1, -0.05) is 48.8 Å². The summed E-state index contributed by atoms with van der Waals surface area (Å²) in [6, 6.07) is 7.97. The van der Waals surface area contributed by atoms with Gasteiger partial charge in [0, 0.05) is 4.47 Å². The van der Waals surface area contributed by atoms with Gasteiger partial charge in [0.2, 0.25) is 0 Å². The van der Waals surface area contributed by atoms with E-state index < -0.39 is 0 Å². The minimum Gasteiger partial charge on any atom is -0.469 e. The summed E-state index contributed by atoms with van der Waals surface area (Å²) in [6.07, 6.45) is 0.429. The lowest BCUT2D eigenvalue weighted by Gasteiger charge is -2.09. The molecule has 0 aliphatic carbocycles. The molecule has 0 heterocycles. The van der Waals surface area contributed by atoms with Gasteiger partial charge in [0.25, 0.3) is 0 Å². The Morgan fingerprint density at radius 2 is 1.81 bits per heavy atom. The maximum Gasteiger partial charge on any atom is 0.306 e. The molecule has 3 heteroatoms. The summed E-state index contributed by atoms with van der Waals surface area (Å²) < 4.78 is 5.67. The zero-order chi connectivity index (χ0) is 12.6. The lowest BCUT2D eigenvalue weighted by atomic mass is 9.98. The monoisotopic (exact) mass is 286 g/mol. The summed E-state index contributed by atoms with van der Waals surface area (Å²) in [7, 11) is 1.41. The summed E-state index contributed by atoms with van der Waals surface area (Å²) in [5.41, 5.74) is 1.15. The van der Waals surface area contributed by atoms with E-state index in [-0.39, 0.29) is 11.9 Å². The Kier molecular flexibility index (Phi) is 7.90. The van der Waals surface area contributed by atoms with Crippen molar-refractivity contribution in [3.63, 3.8) is 0 Å². The first-order valence-corrected chi connectivity index (χ1v) is 6.25. The normalized spacial score (nSPS) is 11.1. The number of rotatable bonds is 3. The summed E-state index contributed by atoms with van der Waals surface area (Å²) >= 11 is 3.37. The van der Waals surface area contributed by atoms with Crippen LogP contribution in [0.3, 0.4) is 0 Å². The van der Waals surface area contributed by atoms with Gasteiger partial charge >= 0.3 is 5.97 Å². The molecule has 1 aromatic carbocycles. The zero-order valence-electron chi connectivity index (χ0n) is 10.3. The fourth-order valence-electron chi connectivity index (χ4n) is 1.24. The van der Waals surface area contributed by atoms with Crippen LogP contribution >= 0.6 is 15.9 Å². The van der Waals surface area contributed by atoms with Crippen LogP contribution in [0.15, 0.2) is 28.7 Å². The highest BCUT2D eigenvalue weighted by Crippen LogP contribution is 2.21. The van der Waals surface area contributed by atoms with Crippen molar-refractivity contribution < 1.29 is 9.53 Å². The summed E-state index contributed by atoms with van der Waals surface area (Å²) in [5, 5.41) is 0. The van der Waals surface area contributed by atoms with E-state index in [1.807, 2.05) is 45.0 Å². The second-order valence-corrected chi connectivity index (χ2v) is 4.15. The molecule has 1 atom stereocenters. The third kappa shape index (κ3) is 5.31. The number of halogens is 1. The summed E-state index contributed by atoms with van der Waals surface area (Å²) in [4.78, 5) is 11.0. The number of esters is 1. The molecule has 2 nitrogen and oxygen atoms in total. The Hall–Kier alpha value is -0.830. The van der Waals surface area contributed by atoms with Gasteiger partial charge in [-0.25, -0.2) is 0 Å². The number of carbonyl (C=O) groups excluding carboxylic acids is 1. The molecule has 0 aliphatic rings. The third-order valence-corrected chi connectivity index (χ3v) is 2.67. The molecule has 0 aliphatic heterocycles. The molecule has 16 heavy (non-hydrogen) atoms. The molecule has 0 bridgehead atoms.